The van der Waals surface area contributed by atoms with Crippen LogP contribution < -0.4 is 10.7 Å². The lowest BCUT2D eigenvalue weighted by Crippen LogP contribution is -2.79. The Kier molecular flexibility index (Phi) is 3.19. The summed E-state index contributed by atoms with van der Waals surface area (Å²) in [5, 5.41) is 0.628. The molecule has 2 aliphatic rings. The SMILES string of the molecule is NC1=[NH+][C@H]2CCCC[C@H]2N1C(=O)c1ccc(Cl)cc1. The summed E-state index contributed by atoms with van der Waals surface area (Å²) in [5.74, 6) is 0.438. The van der Waals surface area contributed by atoms with Gasteiger partial charge in [0, 0.05) is 5.02 Å². The molecule has 0 bridgehead atoms. The van der Waals surface area contributed by atoms with Gasteiger partial charge in [0.25, 0.3) is 0 Å². The Morgan fingerprint density at radius 3 is 2.68 bits per heavy atom. The monoisotopic (exact) mass is 278 g/mol. The van der Waals surface area contributed by atoms with Crippen LogP contribution in [0.3, 0.4) is 0 Å². The molecule has 0 spiro atoms. The molecule has 1 fully saturated rings. The number of nitrogens with one attached hydrogen (secondary N) is 1. The Balaban J connectivity index is 1.86. The van der Waals surface area contributed by atoms with Crippen LogP contribution in [0.2, 0.25) is 5.02 Å². The number of nitrogens with two attached hydrogens (primary N) is 1. The second-order valence-electron chi connectivity index (χ2n) is 5.17. The number of carbonyl (C=O) groups excluding carboxylic acids is 1. The topological polar surface area (TPSA) is 60.3 Å². The molecule has 1 aromatic rings. The Bertz CT molecular complexity index is 526. The van der Waals surface area contributed by atoms with Crippen LogP contribution in [0, 0.1) is 0 Å². The second kappa shape index (κ2) is 4.85. The maximum Gasteiger partial charge on any atom is 0.351 e. The smallest absolute Gasteiger partial charge is 0.290 e. The molecule has 1 aromatic carbocycles. The molecule has 0 aromatic heterocycles. The average Bonchev–Trinajstić information content (AvgIpc) is 2.74. The van der Waals surface area contributed by atoms with Crippen molar-refractivity contribution in [2.75, 3.05) is 0 Å². The molecule has 3 rings (SSSR count). The Morgan fingerprint density at radius 2 is 1.95 bits per heavy atom. The maximum atomic E-state index is 12.6. The first-order valence-corrected chi connectivity index (χ1v) is 7.03. The first-order valence-electron chi connectivity index (χ1n) is 6.65. The van der Waals surface area contributed by atoms with E-state index in [-0.39, 0.29) is 11.9 Å². The number of nitrogens with zero attached hydrogens (tertiary/aromatic N) is 1. The Labute approximate surface area is 117 Å². The highest BCUT2D eigenvalue weighted by Crippen LogP contribution is 2.24. The normalized spacial score (nSPS) is 25.9. The fraction of sp³-hybridized carbons (Fsp3) is 0.429. The summed E-state index contributed by atoms with van der Waals surface area (Å²) < 4.78 is 0. The fourth-order valence-corrected chi connectivity index (χ4v) is 3.14. The second-order valence-corrected chi connectivity index (χ2v) is 5.61. The van der Waals surface area contributed by atoms with Gasteiger partial charge in [0.1, 0.15) is 12.1 Å². The van der Waals surface area contributed by atoms with Gasteiger partial charge in [0.2, 0.25) is 0 Å². The Hall–Kier alpha value is -1.55. The van der Waals surface area contributed by atoms with Gasteiger partial charge in [0.15, 0.2) is 0 Å². The van der Waals surface area contributed by atoms with Crippen molar-refractivity contribution in [3.63, 3.8) is 0 Å². The summed E-state index contributed by atoms with van der Waals surface area (Å²) in [6.07, 6.45) is 4.44. The molecular weight excluding hydrogens is 262 g/mol. The van der Waals surface area contributed by atoms with Crippen LogP contribution in [-0.2, 0) is 0 Å². The van der Waals surface area contributed by atoms with Crippen LogP contribution in [-0.4, -0.2) is 28.9 Å². The van der Waals surface area contributed by atoms with Crippen molar-refractivity contribution in [1.29, 1.82) is 0 Å². The van der Waals surface area contributed by atoms with E-state index in [1.807, 2.05) is 0 Å². The van der Waals surface area contributed by atoms with Crippen LogP contribution in [0.4, 0.5) is 0 Å². The third-order valence-electron chi connectivity index (χ3n) is 3.96. The predicted octanol–water partition coefficient (Wildman–Crippen LogP) is 0.502. The van der Waals surface area contributed by atoms with Gasteiger partial charge in [-0.3, -0.25) is 15.5 Å². The highest BCUT2D eigenvalue weighted by atomic mass is 35.5. The van der Waals surface area contributed by atoms with Gasteiger partial charge in [-0.05, 0) is 49.9 Å². The largest absolute Gasteiger partial charge is 0.351 e. The summed E-state index contributed by atoms with van der Waals surface area (Å²) in [4.78, 5) is 17.5. The van der Waals surface area contributed by atoms with Gasteiger partial charge in [-0.15, -0.1) is 0 Å². The van der Waals surface area contributed by atoms with E-state index in [2.05, 4.69) is 4.99 Å². The molecule has 0 unspecified atom stereocenters. The molecule has 5 heteroatoms. The number of hydrogen-bond donors (Lipinski definition) is 2. The van der Waals surface area contributed by atoms with Gasteiger partial charge < -0.3 is 0 Å². The number of halogens is 1. The van der Waals surface area contributed by atoms with Crippen molar-refractivity contribution < 1.29 is 9.79 Å². The maximum absolute atomic E-state index is 12.6. The zero-order valence-corrected chi connectivity index (χ0v) is 11.4. The lowest BCUT2D eigenvalue weighted by atomic mass is 9.90. The van der Waals surface area contributed by atoms with E-state index in [1.54, 1.807) is 29.2 Å². The van der Waals surface area contributed by atoms with E-state index in [0.29, 0.717) is 22.6 Å². The van der Waals surface area contributed by atoms with Crippen molar-refractivity contribution in [1.82, 2.24) is 4.90 Å². The molecule has 1 aliphatic heterocycles. The number of guanidine groups is 1. The highest BCUT2D eigenvalue weighted by molar-refractivity contribution is 6.30. The molecule has 2 atom stereocenters. The molecule has 3 N–H and O–H groups in total. The van der Waals surface area contributed by atoms with Crippen molar-refractivity contribution in [2.45, 2.75) is 37.8 Å². The van der Waals surface area contributed by atoms with Gasteiger partial charge in [-0.1, -0.05) is 11.6 Å². The summed E-state index contributed by atoms with van der Waals surface area (Å²) in [5.41, 5.74) is 6.62. The van der Waals surface area contributed by atoms with E-state index in [4.69, 9.17) is 17.3 Å². The first kappa shape index (κ1) is 12.5. The van der Waals surface area contributed by atoms with E-state index >= 15 is 0 Å². The highest BCUT2D eigenvalue weighted by Gasteiger charge is 2.45. The minimum Gasteiger partial charge on any atom is -0.290 e. The number of amides is 1. The zero-order chi connectivity index (χ0) is 13.4. The zero-order valence-electron chi connectivity index (χ0n) is 10.6. The molecule has 100 valence electrons. The van der Waals surface area contributed by atoms with Crippen molar-refractivity contribution in [3.8, 4) is 0 Å². The minimum absolute atomic E-state index is 0.0453. The van der Waals surface area contributed by atoms with Crippen LogP contribution in [0.5, 0.6) is 0 Å². The molecule has 1 aliphatic carbocycles. The van der Waals surface area contributed by atoms with E-state index in [9.17, 15) is 4.79 Å². The van der Waals surface area contributed by atoms with E-state index < -0.39 is 0 Å². The third kappa shape index (κ3) is 2.21. The van der Waals surface area contributed by atoms with Crippen molar-refractivity contribution in [2.24, 2.45) is 5.73 Å². The molecule has 0 radical (unpaired) electrons. The molecule has 0 saturated heterocycles. The van der Waals surface area contributed by atoms with Gasteiger partial charge in [-0.25, -0.2) is 0 Å². The minimum atomic E-state index is -0.0453. The van der Waals surface area contributed by atoms with Crippen LogP contribution in [0.1, 0.15) is 36.0 Å². The lowest BCUT2D eigenvalue weighted by Gasteiger charge is -2.26. The van der Waals surface area contributed by atoms with Gasteiger partial charge in [0.05, 0.1) is 5.56 Å². The van der Waals surface area contributed by atoms with Gasteiger partial charge >= 0.3 is 11.9 Å². The summed E-state index contributed by atoms with van der Waals surface area (Å²) in [6, 6.07) is 7.45. The summed E-state index contributed by atoms with van der Waals surface area (Å²) in [6.45, 7) is 0. The van der Waals surface area contributed by atoms with Crippen LogP contribution in [0.15, 0.2) is 24.3 Å². The fourth-order valence-electron chi connectivity index (χ4n) is 3.02. The molecule has 1 amide bonds. The van der Waals surface area contributed by atoms with E-state index in [0.717, 1.165) is 19.3 Å². The van der Waals surface area contributed by atoms with Crippen LogP contribution in [0.25, 0.3) is 0 Å². The molecular formula is C14H17ClN3O+. The number of carbonyl (C=O) groups is 1. The third-order valence-corrected chi connectivity index (χ3v) is 4.22. The number of benzene rings is 1. The van der Waals surface area contributed by atoms with E-state index in [1.165, 1.54) is 6.42 Å². The predicted molar refractivity (Wildman–Crippen MR) is 73.8 cm³/mol. The molecule has 1 heterocycles. The number of hydrogen-bond acceptors (Lipinski definition) is 2. The molecule has 19 heavy (non-hydrogen) atoms. The van der Waals surface area contributed by atoms with Gasteiger partial charge in [-0.2, -0.15) is 4.90 Å². The number of fused-ring (bicyclic) bond motifs is 1. The average molecular weight is 279 g/mol. The molecule has 4 nitrogen and oxygen atoms in total. The molecule has 1 saturated carbocycles. The number of rotatable bonds is 1. The first-order chi connectivity index (χ1) is 9.16. The van der Waals surface area contributed by atoms with Crippen molar-refractivity contribution in [3.05, 3.63) is 34.9 Å². The quantitative estimate of drug-likeness (QED) is 0.786. The summed E-state index contributed by atoms with van der Waals surface area (Å²) in [7, 11) is 0. The summed E-state index contributed by atoms with van der Waals surface area (Å²) >= 11 is 5.85. The Morgan fingerprint density at radius 1 is 1.26 bits per heavy atom. The van der Waals surface area contributed by atoms with Crippen molar-refractivity contribution >= 4 is 23.5 Å². The lowest BCUT2D eigenvalue weighted by molar-refractivity contribution is -0.499. The van der Waals surface area contributed by atoms with Crippen LogP contribution >= 0.6 is 11.6 Å². The standard InChI is InChI=1S/C14H16ClN3O/c15-10-7-5-9(6-8-10)13(19)18-12-4-2-1-3-11(12)17-14(18)16/h5-8,11-12H,1-4H2,(H2,16,17)/p+1/t11-,12+/m0/s1.